The minimum absolute atomic E-state index is 0.146. The van der Waals surface area contributed by atoms with Crippen molar-refractivity contribution in [2.45, 2.75) is 0 Å². The Bertz CT molecular complexity index is 490. The Labute approximate surface area is 112 Å². The van der Waals surface area contributed by atoms with Crippen LogP contribution in [0.15, 0.2) is 35.3 Å². The molecule has 0 fully saturated rings. The highest BCUT2D eigenvalue weighted by atomic mass is 79.9. The molecular weight excluding hydrogens is 304 g/mol. The van der Waals surface area contributed by atoms with E-state index < -0.39 is 10.9 Å². The predicted molar refractivity (Wildman–Crippen MR) is 70.8 cm³/mol. The first-order valence-electron chi connectivity index (χ1n) is 4.97. The van der Waals surface area contributed by atoms with E-state index in [0.29, 0.717) is 4.47 Å². The Morgan fingerprint density at radius 3 is 2.78 bits per heavy atom. The van der Waals surface area contributed by atoms with Gasteiger partial charge in [0, 0.05) is 17.1 Å². The zero-order valence-corrected chi connectivity index (χ0v) is 11.0. The molecule has 0 aliphatic carbocycles. The number of hydrogen-bond acceptors (Lipinski definition) is 4. The van der Waals surface area contributed by atoms with Crippen LogP contribution in [0, 0.1) is 10.1 Å². The summed E-state index contributed by atoms with van der Waals surface area (Å²) >= 11 is 3.14. The maximum atomic E-state index is 11.0. The number of hydrogen-bond donors (Lipinski definition) is 1. The van der Waals surface area contributed by atoms with Crippen LogP contribution in [-0.4, -0.2) is 29.1 Å². The van der Waals surface area contributed by atoms with Crippen molar-refractivity contribution in [2.75, 3.05) is 18.0 Å². The molecule has 18 heavy (non-hydrogen) atoms. The highest BCUT2D eigenvalue weighted by Gasteiger charge is 2.20. The Morgan fingerprint density at radius 1 is 1.61 bits per heavy atom. The van der Waals surface area contributed by atoms with E-state index in [4.69, 9.17) is 5.11 Å². The summed E-state index contributed by atoms with van der Waals surface area (Å²) in [4.78, 5) is 22.5. The van der Waals surface area contributed by atoms with E-state index in [-0.39, 0.29) is 24.5 Å². The first-order valence-corrected chi connectivity index (χ1v) is 5.76. The van der Waals surface area contributed by atoms with E-state index in [1.807, 2.05) is 0 Å². The van der Waals surface area contributed by atoms with Crippen molar-refractivity contribution in [3.8, 4) is 0 Å². The van der Waals surface area contributed by atoms with Crippen LogP contribution in [0.5, 0.6) is 0 Å². The third-order valence-corrected chi connectivity index (χ3v) is 2.64. The van der Waals surface area contributed by atoms with Crippen molar-refractivity contribution < 1.29 is 14.8 Å². The van der Waals surface area contributed by atoms with Gasteiger partial charge in [-0.1, -0.05) is 22.0 Å². The van der Waals surface area contributed by atoms with Crippen molar-refractivity contribution in [3.63, 3.8) is 0 Å². The first-order chi connectivity index (χ1) is 8.45. The maximum Gasteiger partial charge on any atom is 0.323 e. The predicted octanol–water partition coefficient (Wildman–Crippen LogP) is 2.43. The number of halogens is 1. The highest BCUT2D eigenvalue weighted by Crippen LogP contribution is 2.31. The van der Waals surface area contributed by atoms with Crippen LogP contribution in [0.3, 0.4) is 0 Å². The fourth-order valence-electron chi connectivity index (χ4n) is 1.48. The third kappa shape index (κ3) is 3.56. The molecule has 0 aliphatic rings. The van der Waals surface area contributed by atoms with Gasteiger partial charge in [0.25, 0.3) is 5.69 Å². The molecule has 1 aromatic rings. The summed E-state index contributed by atoms with van der Waals surface area (Å²) in [6.45, 7) is 3.40. The molecular formula is C11H11BrN2O4. The molecule has 0 bridgehead atoms. The van der Waals surface area contributed by atoms with Gasteiger partial charge in [0.05, 0.1) is 4.92 Å². The minimum atomic E-state index is -1.06. The number of rotatable bonds is 6. The largest absolute Gasteiger partial charge is 0.480 e. The molecule has 1 rings (SSSR count). The lowest BCUT2D eigenvalue weighted by Crippen LogP contribution is -2.30. The van der Waals surface area contributed by atoms with Gasteiger partial charge in [-0.2, -0.15) is 0 Å². The lowest BCUT2D eigenvalue weighted by molar-refractivity contribution is -0.384. The summed E-state index contributed by atoms with van der Waals surface area (Å²) in [5.74, 6) is -1.06. The van der Waals surface area contributed by atoms with Crippen LogP contribution in [0.25, 0.3) is 0 Å². The number of carboxylic acid groups (broad SMARTS) is 1. The number of carbonyl (C=O) groups is 1. The average Bonchev–Trinajstić information content (AvgIpc) is 2.27. The minimum Gasteiger partial charge on any atom is -0.480 e. The second-order valence-electron chi connectivity index (χ2n) is 3.45. The number of benzene rings is 1. The molecule has 1 N–H and O–H groups in total. The van der Waals surface area contributed by atoms with Crippen LogP contribution >= 0.6 is 15.9 Å². The molecule has 0 heterocycles. The van der Waals surface area contributed by atoms with E-state index >= 15 is 0 Å². The van der Waals surface area contributed by atoms with E-state index in [9.17, 15) is 14.9 Å². The Kier molecular flexibility index (Phi) is 4.85. The fourth-order valence-corrected chi connectivity index (χ4v) is 1.83. The average molecular weight is 315 g/mol. The topological polar surface area (TPSA) is 83.7 Å². The van der Waals surface area contributed by atoms with Crippen molar-refractivity contribution in [1.82, 2.24) is 0 Å². The smallest absolute Gasteiger partial charge is 0.323 e. The lowest BCUT2D eigenvalue weighted by atomic mass is 10.2. The van der Waals surface area contributed by atoms with Crippen molar-refractivity contribution >= 4 is 33.3 Å². The molecule has 0 atom stereocenters. The van der Waals surface area contributed by atoms with Crippen LogP contribution in [0.1, 0.15) is 0 Å². The van der Waals surface area contributed by atoms with E-state index in [1.165, 1.54) is 23.1 Å². The van der Waals surface area contributed by atoms with Gasteiger partial charge in [-0.25, -0.2) is 0 Å². The maximum absolute atomic E-state index is 11.0. The van der Waals surface area contributed by atoms with Gasteiger partial charge < -0.3 is 10.0 Å². The van der Waals surface area contributed by atoms with Gasteiger partial charge in [-0.15, -0.1) is 6.58 Å². The molecule has 0 radical (unpaired) electrons. The van der Waals surface area contributed by atoms with E-state index in [0.717, 1.165) is 0 Å². The summed E-state index contributed by atoms with van der Waals surface area (Å²) in [5, 5.41) is 19.8. The molecule has 0 spiro atoms. The molecule has 96 valence electrons. The SMILES string of the molecule is C=CCN(CC(=O)O)c1ccc(Br)cc1[N+](=O)[O-]. The monoisotopic (exact) mass is 314 g/mol. The molecule has 7 heteroatoms. The van der Waals surface area contributed by atoms with Crippen LogP contribution < -0.4 is 4.90 Å². The molecule has 0 saturated heterocycles. The second kappa shape index (κ2) is 6.15. The molecule has 6 nitrogen and oxygen atoms in total. The normalized spacial score (nSPS) is 9.83. The van der Waals surface area contributed by atoms with Crippen molar-refractivity contribution in [3.05, 3.63) is 45.4 Å². The van der Waals surface area contributed by atoms with Crippen molar-refractivity contribution in [2.24, 2.45) is 0 Å². The Balaban J connectivity index is 3.21. The number of anilines is 1. The Hall–Kier alpha value is -1.89. The number of nitro benzene ring substituents is 1. The lowest BCUT2D eigenvalue weighted by Gasteiger charge is -2.20. The summed E-state index contributed by atoms with van der Waals surface area (Å²) in [6, 6.07) is 4.47. The summed E-state index contributed by atoms with van der Waals surface area (Å²) in [7, 11) is 0. The molecule has 0 amide bonds. The fraction of sp³-hybridized carbons (Fsp3) is 0.182. The standard InChI is InChI=1S/C11H11BrN2O4/c1-2-5-13(7-11(15)16)9-4-3-8(12)6-10(9)14(17)18/h2-4,6H,1,5,7H2,(H,15,16). The number of aliphatic carboxylic acids is 1. The van der Waals surface area contributed by atoms with Gasteiger partial charge >= 0.3 is 5.97 Å². The highest BCUT2D eigenvalue weighted by molar-refractivity contribution is 9.10. The molecule has 0 aromatic heterocycles. The number of nitro groups is 1. The first kappa shape index (κ1) is 14.2. The van der Waals surface area contributed by atoms with Crippen LogP contribution in [0.2, 0.25) is 0 Å². The molecule has 0 saturated carbocycles. The van der Waals surface area contributed by atoms with Gasteiger partial charge in [0.15, 0.2) is 0 Å². The van der Waals surface area contributed by atoms with Gasteiger partial charge in [-0.3, -0.25) is 14.9 Å². The zero-order valence-electron chi connectivity index (χ0n) is 9.38. The van der Waals surface area contributed by atoms with E-state index in [2.05, 4.69) is 22.5 Å². The summed E-state index contributed by atoms with van der Waals surface area (Å²) in [5.41, 5.74) is 0.109. The summed E-state index contributed by atoms with van der Waals surface area (Å²) in [6.07, 6.45) is 1.49. The molecule has 0 aliphatic heterocycles. The third-order valence-electron chi connectivity index (χ3n) is 2.15. The number of nitrogens with zero attached hydrogens (tertiary/aromatic N) is 2. The van der Waals surface area contributed by atoms with Crippen LogP contribution in [0.4, 0.5) is 11.4 Å². The number of carboxylic acids is 1. The van der Waals surface area contributed by atoms with Gasteiger partial charge in [-0.05, 0) is 12.1 Å². The molecule has 1 aromatic carbocycles. The van der Waals surface area contributed by atoms with Crippen molar-refractivity contribution in [1.29, 1.82) is 0 Å². The van der Waals surface area contributed by atoms with Gasteiger partial charge in [0.1, 0.15) is 12.2 Å². The second-order valence-corrected chi connectivity index (χ2v) is 4.37. The zero-order chi connectivity index (χ0) is 13.7. The summed E-state index contributed by atoms with van der Waals surface area (Å²) < 4.78 is 0.562. The van der Waals surface area contributed by atoms with Gasteiger partial charge in [0.2, 0.25) is 0 Å². The molecule has 0 unspecified atom stereocenters. The Morgan fingerprint density at radius 2 is 2.28 bits per heavy atom. The van der Waals surface area contributed by atoms with Crippen LogP contribution in [-0.2, 0) is 4.79 Å². The quantitative estimate of drug-likeness (QED) is 0.495. The van der Waals surface area contributed by atoms with E-state index in [1.54, 1.807) is 6.07 Å².